The lowest BCUT2D eigenvalue weighted by molar-refractivity contribution is -0.134. The van der Waals surface area contributed by atoms with Crippen molar-refractivity contribution in [2.45, 2.75) is 77.7 Å². The van der Waals surface area contributed by atoms with Gasteiger partial charge in [-0.25, -0.2) is 0 Å². The number of likely N-dealkylation sites (tertiary alicyclic amines) is 1. The second-order valence-electron chi connectivity index (χ2n) is 10.6. The van der Waals surface area contributed by atoms with Gasteiger partial charge < -0.3 is 10.2 Å². The third-order valence-electron chi connectivity index (χ3n) is 9.35. The maximum atomic E-state index is 12.2. The molecule has 4 fully saturated rings. The summed E-state index contributed by atoms with van der Waals surface area (Å²) in [7, 11) is 0. The van der Waals surface area contributed by atoms with Crippen LogP contribution in [0.4, 0.5) is 0 Å². The lowest BCUT2D eigenvalue weighted by Crippen LogP contribution is -2.57. The lowest BCUT2D eigenvalue weighted by Gasteiger charge is -2.60. The molecular weight excluding hydrogens is 320 g/mol. The molecule has 2 heterocycles. The highest BCUT2D eigenvalue weighted by atomic mass is 16.1. The second-order valence-corrected chi connectivity index (χ2v) is 10.6. The Balaban J connectivity index is 1.40. The van der Waals surface area contributed by atoms with Crippen molar-refractivity contribution < 1.29 is 4.79 Å². The molecular formula is C23H36N2O. The van der Waals surface area contributed by atoms with Gasteiger partial charge in [-0.05, 0) is 93.0 Å². The molecule has 3 nitrogen and oxygen atoms in total. The molecule has 0 aromatic carbocycles. The van der Waals surface area contributed by atoms with Crippen LogP contribution in [0.3, 0.4) is 0 Å². The van der Waals surface area contributed by atoms with Crippen LogP contribution in [0.15, 0.2) is 11.6 Å². The minimum Gasteiger partial charge on any atom is -0.356 e. The van der Waals surface area contributed by atoms with Crippen LogP contribution in [0, 0.1) is 28.6 Å². The normalized spacial score (nSPS) is 48.8. The Hall–Kier alpha value is -0.830. The highest BCUT2D eigenvalue weighted by Gasteiger charge is 2.56. The fraction of sp³-hybridized carbons (Fsp3) is 0.870. The predicted molar refractivity (Wildman–Crippen MR) is 105 cm³/mol. The minimum atomic E-state index is 0.297. The monoisotopic (exact) mass is 356 g/mol. The van der Waals surface area contributed by atoms with E-state index in [9.17, 15) is 4.79 Å². The van der Waals surface area contributed by atoms with Gasteiger partial charge in [0.15, 0.2) is 0 Å². The number of piperidine rings is 1. The Morgan fingerprint density at radius 2 is 1.88 bits per heavy atom. The van der Waals surface area contributed by atoms with Crippen molar-refractivity contribution in [3.05, 3.63) is 11.6 Å². The Morgan fingerprint density at radius 1 is 1.08 bits per heavy atom. The Kier molecular flexibility index (Phi) is 4.05. The zero-order valence-electron chi connectivity index (χ0n) is 16.7. The molecule has 144 valence electrons. The zero-order valence-corrected chi connectivity index (χ0v) is 16.7. The van der Waals surface area contributed by atoms with Gasteiger partial charge in [-0.15, -0.1) is 0 Å². The Bertz CT molecular complexity index is 622. The summed E-state index contributed by atoms with van der Waals surface area (Å²) >= 11 is 0. The molecule has 0 aromatic heterocycles. The largest absolute Gasteiger partial charge is 0.356 e. The number of hydrogen-bond acceptors (Lipinski definition) is 2. The Labute approximate surface area is 159 Å². The maximum Gasteiger partial charge on any atom is 0.220 e. The number of fused-ring (bicyclic) bond motifs is 5. The molecule has 0 unspecified atom stereocenters. The average Bonchev–Trinajstić information content (AvgIpc) is 3.16. The van der Waals surface area contributed by atoms with Crippen molar-refractivity contribution in [2.24, 2.45) is 28.6 Å². The molecule has 3 heteroatoms. The molecule has 0 radical (unpaired) electrons. The van der Waals surface area contributed by atoms with Crippen LogP contribution in [0.1, 0.15) is 71.6 Å². The fourth-order valence-electron chi connectivity index (χ4n) is 7.64. The van der Waals surface area contributed by atoms with Crippen LogP contribution < -0.4 is 5.32 Å². The molecule has 6 atom stereocenters. The average molecular weight is 357 g/mol. The molecule has 1 amide bonds. The summed E-state index contributed by atoms with van der Waals surface area (Å²) in [6.07, 6.45) is 14.2. The number of nitrogens with one attached hydrogen (secondary N) is 1. The summed E-state index contributed by atoms with van der Waals surface area (Å²) in [5, 5.41) is 3.16. The van der Waals surface area contributed by atoms with Crippen molar-refractivity contribution in [1.29, 1.82) is 0 Å². The number of hydrogen-bond donors (Lipinski definition) is 1. The molecule has 2 saturated heterocycles. The van der Waals surface area contributed by atoms with Gasteiger partial charge in [0.1, 0.15) is 0 Å². The van der Waals surface area contributed by atoms with E-state index in [-0.39, 0.29) is 0 Å². The summed E-state index contributed by atoms with van der Waals surface area (Å²) in [6.45, 7) is 8.59. The summed E-state index contributed by atoms with van der Waals surface area (Å²) in [4.78, 5) is 14.9. The van der Waals surface area contributed by atoms with Crippen molar-refractivity contribution >= 4 is 5.91 Å². The van der Waals surface area contributed by atoms with Gasteiger partial charge in [0.2, 0.25) is 5.91 Å². The van der Waals surface area contributed by atoms with E-state index in [2.05, 4.69) is 30.1 Å². The van der Waals surface area contributed by atoms with Gasteiger partial charge in [-0.2, -0.15) is 0 Å². The molecule has 2 aliphatic heterocycles. The number of carbonyl (C=O) groups is 1. The van der Waals surface area contributed by atoms with E-state index < -0.39 is 0 Å². The van der Waals surface area contributed by atoms with E-state index in [0.717, 1.165) is 30.8 Å². The predicted octanol–water partition coefficient (Wildman–Crippen LogP) is 4.14. The van der Waals surface area contributed by atoms with Gasteiger partial charge in [-0.3, -0.25) is 4.79 Å². The molecule has 3 aliphatic carbocycles. The van der Waals surface area contributed by atoms with Crippen LogP contribution >= 0.6 is 0 Å². The van der Waals surface area contributed by atoms with Crippen LogP contribution in [0.25, 0.3) is 0 Å². The molecule has 2 saturated carbocycles. The molecule has 0 aromatic rings. The summed E-state index contributed by atoms with van der Waals surface area (Å²) < 4.78 is 0. The van der Waals surface area contributed by atoms with Crippen LogP contribution in [-0.4, -0.2) is 36.5 Å². The van der Waals surface area contributed by atoms with Crippen molar-refractivity contribution in [3.63, 3.8) is 0 Å². The van der Waals surface area contributed by atoms with Crippen molar-refractivity contribution in [2.75, 3.05) is 19.6 Å². The summed E-state index contributed by atoms with van der Waals surface area (Å²) in [6, 6.07) is 0.808. The summed E-state index contributed by atoms with van der Waals surface area (Å²) in [5.41, 5.74) is 2.53. The second kappa shape index (κ2) is 6.09. The lowest BCUT2D eigenvalue weighted by atomic mass is 9.46. The first-order valence-electron chi connectivity index (χ1n) is 11.2. The van der Waals surface area contributed by atoms with Gasteiger partial charge in [-0.1, -0.05) is 25.5 Å². The van der Waals surface area contributed by atoms with E-state index in [4.69, 9.17) is 0 Å². The summed E-state index contributed by atoms with van der Waals surface area (Å²) in [5.74, 6) is 2.44. The van der Waals surface area contributed by atoms with Crippen LogP contribution in [-0.2, 0) is 4.79 Å². The third kappa shape index (κ3) is 2.52. The van der Waals surface area contributed by atoms with Crippen LogP contribution in [0.5, 0.6) is 0 Å². The van der Waals surface area contributed by atoms with Gasteiger partial charge in [0.25, 0.3) is 0 Å². The van der Waals surface area contributed by atoms with E-state index in [1.807, 2.05) is 0 Å². The number of carbonyl (C=O) groups excluding carboxylic acids is 1. The molecule has 26 heavy (non-hydrogen) atoms. The van der Waals surface area contributed by atoms with E-state index in [1.165, 1.54) is 64.5 Å². The standard InChI is InChI=1S/C23H36N2O/c1-22-9-8-19-18(20(22)14-21(26)24-15-22)6-5-16-13-17(7-10-23(16,19)2)25-11-3-4-12-25/h5,17-20H,3-4,6-15H2,1-2H3,(H,24,26)/t17-,18+,19-,20-,22+,23-/m0/s1. The van der Waals surface area contributed by atoms with E-state index >= 15 is 0 Å². The smallest absolute Gasteiger partial charge is 0.220 e. The zero-order chi connectivity index (χ0) is 17.9. The number of nitrogens with zero attached hydrogens (tertiary/aromatic N) is 1. The quantitative estimate of drug-likeness (QED) is 0.716. The van der Waals surface area contributed by atoms with Crippen LogP contribution in [0.2, 0.25) is 0 Å². The van der Waals surface area contributed by atoms with Gasteiger partial charge in [0.05, 0.1) is 0 Å². The number of allylic oxidation sites excluding steroid dienone is 1. The van der Waals surface area contributed by atoms with E-state index in [1.54, 1.807) is 5.57 Å². The van der Waals surface area contributed by atoms with Gasteiger partial charge in [0, 0.05) is 19.0 Å². The molecule has 0 bridgehead atoms. The first-order chi connectivity index (χ1) is 12.5. The number of rotatable bonds is 1. The van der Waals surface area contributed by atoms with E-state index in [0.29, 0.717) is 22.7 Å². The molecule has 0 spiro atoms. The maximum absolute atomic E-state index is 12.2. The highest BCUT2D eigenvalue weighted by molar-refractivity contribution is 5.77. The molecule has 5 aliphatic rings. The molecule has 1 N–H and O–H groups in total. The first kappa shape index (κ1) is 17.3. The highest BCUT2D eigenvalue weighted by Crippen LogP contribution is 2.62. The van der Waals surface area contributed by atoms with Crippen molar-refractivity contribution in [1.82, 2.24) is 10.2 Å². The minimum absolute atomic E-state index is 0.297. The molecule has 5 rings (SSSR count). The topological polar surface area (TPSA) is 32.3 Å². The Morgan fingerprint density at radius 3 is 2.69 bits per heavy atom. The SMILES string of the molecule is C[C@]12CC[C@H]3[C@@H](CC=C4C[C@@H](N5CCCC5)CC[C@@]43C)[C@@H]1CC(=O)NC2. The fourth-order valence-corrected chi connectivity index (χ4v) is 7.64. The first-order valence-corrected chi connectivity index (χ1v) is 11.2. The third-order valence-corrected chi connectivity index (χ3v) is 9.35. The van der Waals surface area contributed by atoms with Gasteiger partial charge >= 0.3 is 0 Å². The number of amides is 1. The van der Waals surface area contributed by atoms with Crippen molar-refractivity contribution in [3.8, 4) is 0 Å².